The molecular formula is C6H6NO2-. The molecule has 0 saturated carbocycles. The molecule has 0 fully saturated rings. The first-order chi connectivity index (χ1) is 4.25. The van der Waals surface area contributed by atoms with Crippen molar-refractivity contribution in [2.24, 2.45) is 0 Å². The minimum atomic E-state index is -0.269. The second-order valence-electron chi connectivity index (χ2n) is 1.66. The van der Waals surface area contributed by atoms with E-state index in [0.29, 0.717) is 0 Å². The largest absolute Gasteiger partial charge is 0.324 e. The fraction of sp³-hybridized carbons (Fsp3) is 0.167. The molecule has 0 N–H and O–H groups in total. The van der Waals surface area contributed by atoms with Crippen molar-refractivity contribution in [2.75, 3.05) is 6.54 Å². The van der Waals surface area contributed by atoms with Gasteiger partial charge >= 0.3 is 0 Å². The molecule has 3 nitrogen and oxygen atoms in total. The number of nitrogens with zero attached hydrogens (tertiary/aromatic N) is 1. The highest BCUT2D eigenvalue weighted by atomic mass is 16.2. The van der Waals surface area contributed by atoms with Crippen LogP contribution in [0.25, 0.3) is 0 Å². The summed E-state index contributed by atoms with van der Waals surface area (Å²) in [5, 5.41) is 0. The summed E-state index contributed by atoms with van der Waals surface area (Å²) in [6.07, 6.45) is 2.49. The molecular weight excluding hydrogens is 118 g/mol. The maximum absolute atomic E-state index is 10.6. The number of hydrogen-bond donors (Lipinski definition) is 0. The van der Waals surface area contributed by atoms with E-state index in [-0.39, 0.29) is 18.4 Å². The zero-order valence-corrected chi connectivity index (χ0v) is 4.83. The first-order valence-electron chi connectivity index (χ1n) is 2.58. The first kappa shape index (κ1) is 6.01. The molecule has 0 aromatic carbocycles. The van der Waals surface area contributed by atoms with Gasteiger partial charge in [0, 0.05) is 12.2 Å². The van der Waals surface area contributed by atoms with Crippen molar-refractivity contribution in [3.8, 4) is 0 Å². The third kappa shape index (κ3) is 0.850. The molecule has 0 spiro atoms. The Morgan fingerprint density at radius 3 is 2.00 bits per heavy atom. The van der Waals surface area contributed by atoms with Crippen LogP contribution in [0.2, 0.25) is 0 Å². The predicted octanol–water partition coefficient (Wildman–Crippen LogP) is -0.255. The molecule has 48 valence electrons. The van der Waals surface area contributed by atoms with Gasteiger partial charge in [0.15, 0.2) is 0 Å². The van der Waals surface area contributed by atoms with E-state index in [1.54, 1.807) is 0 Å². The van der Waals surface area contributed by atoms with E-state index in [2.05, 4.69) is 6.92 Å². The van der Waals surface area contributed by atoms with Crippen LogP contribution in [0.5, 0.6) is 0 Å². The molecule has 0 bridgehead atoms. The average Bonchev–Trinajstić information content (AvgIpc) is 2.12. The van der Waals surface area contributed by atoms with E-state index in [0.717, 1.165) is 4.90 Å². The van der Waals surface area contributed by atoms with Gasteiger partial charge in [-0.25, -0.2) is 0 Å². The highest BCUT2D eigenvalue weighted by Crippen LogP contribution is 2.00. The van der Waals surface area contributed by atoms with Crippen molar-refractivity contribution in [1.29, 1.82) is 0 Å². The van der Waals surface area contributed by atoms with Crippen LogP contribution in [0.4, 0.5) is 0 Å². The maximum Gasteiger partial charge on any atom is 0.251 e. The minimum absolute atomic E-state index is 0.213. The Morgan fingerprint density at radius 1 is 1.33 bits per heavy atom. The van der Waals surface area contributed by atoms with Crippen molar-refractivity contribution in [3.63, 3.8) is 0 Å². The van der Waals surface area contributed by atoms with Gasteiger partial charge < -0.3 is 11.8 Å². The van der Waals surface area contributed by atoms with Gasteiger partial charge in [-0.15, -0.1) is 0 Å². The topological polar surface area (TPSA) is 37.4 Å². The van der Waals surface area contributed by atoms with Crippen molar-refractivity contribution in [1.82, 2.24) is 4.90 Å². The van der Waals surface area contributed by atoms with Gasteiger partial charge in [-0.05, 0) is 0 Å². The molecule has 3 heteroatoms. The normalized spacial score (nSPS) is 17.7. The van der Waals surface area contributed by atoms with Gasteiger partial charge in [0.25, 0.3) is 11.8 Å². The molecule has 2 amide bonds. The van der Waals surface area contributed by atoms with Gasteiger partial charge in [-0.1, -0.05) is 6.54 Å². The predicted molar refractivity (Wildman–Crippen MR) is 31.2 cm³/mol. The average molecular weight is 124 g/mol. The van der Waals surface area contributed by atoms with Gasteiger partial charge in [0.1, 0.15) is 0 Å². The zero-order chi connectivity index (χ0) is 6.85. The third-order valence-electron chi connectivity index (χ3n) is 1.12. The summed E-state index contributed by atoms with van der Waals surface area (Å²) in [5.41, 5.74) is 0. The number of carbonyl (C=O) groups excluding carboxylic acids is 2. The lowest BCUT2D eigenvalue weighted by molar-refractivity contribution is -0.136. The fourth-order valence-electron chi connectivity index (χ4n) is 0.652. The van der Waals surface area contributed by atoms with Crippen LogP contribution in [0, 0.1) is 6.92 Å². The highest BCUT2D eigenvalue weighted by molar-refractivity contribution is 6.12. The van der Waals surface area contributed by atoms with E-state index >= 15 is 0 Å². The van der Waals surface area contributed by atoms with Gasteiger partial charge in [0.05, 0.1) is 0 Å². The Morgan fingerprint density at radius 2 is 1.78 bits per heavy atom. The zero-order valence-electron chi connectivity index (χ0n) is 4.83. The fourth-order valence-corrected chi connectivity index (χ4v) is 0.652. The molecule has 1 aliphatic rings. The number of amides is 2. The molecule has 0 radical (unpaired) electrons. The van der Waals surface area contributed by atoms with Gasteiger partial charge in [0.2, 0.25) is 0 Å². The molecule has 9 heavy (non-hydrogen) atoms. The van der Waals surface area contributed by atoms with Crippen molar-refractivity contribution in [2.45, 2.75) is 0 Å². The summed E-state index contributed by atoms with van der Waals surface area (Å²) >= 11 is 0. The lowest BCUT2D eigenvalue weighted by Gasteiger charge is -2.12. The Balaban J connectivity index is 2.75. The van der Waals surface area contributed by atoms with E-state index in [9.17, 15) is 9.59 Å². The van der Waals surface area contributed by atoms with Gasteiger partial charge in [-0.2, -0.15) is 0 Å². The molecule has 0 aromatic rings. The quantitative estimate of drug-likeness (QED) is 0.357. The lowest BCUT2D eigenvalue weighted by atomic mass is 10.5. The maximum atomic E-state index is 10.6. The molecule has 0 saturated heterocycles. The molecule has 1 aliphatic heterocycles. The molecule has 1 heterocycles. The van der Waals surface area contributed by atoms with E-state index < -0.39 is 0 Å². The number of imide groups is 1. The van der Waals surface area contributed by atoms with Crippen LogP contribution < -0.4 is 0 Å². The SMILES string of the molecule is [CH2-]CN1C(=O)C=CC1=O. The Labute approximate surface area is 53.0 Å². The first-order valence-corrected chi connectivity index (χ1v) is 2.58. The Bertz CT molecular complexity index is 165. The van der Waals surface area contributed by atoms with Crippen LogP contribution in [-0.4, -0.2) is 23.3 Å². The number of rotatable bonds is 1. The monoisotopic (exact) mass is 124 g/mol. The van der Waals surface area contributed by atoms with E-state index in [1.165, 1.54) is 12.2 Å². The molecule has 1 rings (SSSR count). The van der Waals surface area contributed by atoms with Crippen LogP contribution in [0.15, 0.2) is 12.2 Å². The third-order valence-corrected chi connectivity index (χ3v) is 1.12. The Kier molecular flexibility index (Phi) is 1.34. The van der Waals surface area contributed by atoms with E-state index in [1.807, 2.05) is 0 Å². The smallest absolute Gasteiger partial charge is 0.251 e. The van der Waals surface area contributed by atoms with Crippen LogP contribution in [0.1, 0.15) is 0 Å². The van der Waals surface area contributed by atoms with Crippen LogP contribution in [0.3, 0.4) is 0 Å². The molecule has 0 aromatic heterocycles. The second kappa shape index (κ2) is 2.01. The van der Waals surface area contributed by atoms with Crippen LogP contribution >= 0.6 is 0 Å². The summed E-state index contributed by atoms with van der Waals surface area (Å²) in [4.78, 5) is 22.3. The summed E-state index contributed by atoms with van der Waals surface area (Å²) < 4.78 is 0. The van der Waals surface area contributed by atoms with Crippen molar-refractivity contribution < 1.29 is 9.59 Å². The van der Waals surface area contributed by atoms with E-state index in [4.69, 9.17) is 0 Å². The number of carbonyl (C=O) groups is 2. The Hall–Kier alpha value is -1.12. The summed E-state index contributed by atoms with van der Waals surface area (Å²) in [7, 11) is 0. The lowest BCUT2D eigenvalue weighted by Crippen LogP contribution is -2.29. The van der Waals surface area contributed by atoms with Crippen LogP contribution in [-0.2, 0) is 9.59 Å². The summed E-state index contributed by atoms with van der Waals surface area (Å²) in [6.45, 7) is 3.63. The van der Waals surface area contributed by atoms with Crippen molar-refractivity contribution >= 4 is 11.8 Å². The second-order valence-corrected chi connectivity index (χ2v) is 1.66. The van der Waals surface area contributed by atoms with Gasteiger partial charge in [-0.3, -0.25) is 9.59 Å². The summed E-state index contributed by atoms with van der Waals surface area (Å²) in [6, 6.07) is 0. The highest BCUT2D eigenvalue weighted by Gasteiger charge is 2.18. The van der Waals surface area contributed by atoms with Crippen molar-refractivity contribution in [3.05, 3.63) is 19.1 Å². The standard InChI is InChI=1S/C6H6NO2/c1-2-7-5(8)3-4-6(7)9/h3-4H,1-2H2/q-1. The molecule has 0 aliphatic carbocycles. The summed E-state index contributed by atoms with van der Waals surface area (Å²) in [5.74, 6) is -0.537. The number of hydrogen-bond acceptors (Lipinski definition) is 2. The minimum Gasteiger partial charge on any atom is -0.324 e. The molecule has 0 unspecified atom stereocenters. The molecule has 0 atom stereocenters.